The smallest absolute Gasteiger partial charge is 0.0412 e. The maximum atomic E-state index is 3.60. The Morgan fingerprint density at radius 1 is 1.15 bits per heavy atom. The van der Waals surface area contributed by atoms with Gasteiger partial charge in [0, 0.05) is 10.8 Å². The van der Waals surface area contributed by atoms with Crippen LogP contribution in [0.3, 0.4) is 0 Å². The highest BCUT2D eigenvalue weighted by atomic mass is 14.9. The molecule has 0 aromatic heterocycles. The van der Waals surface area contributed by atoms with Crippen molar-refractivity contribution in [2.45, 2.75) is 40.0 Å². The summed E-state index contributed by atoms with van der Waals surface area (Å²) in [4.78, 5) is 0. The lowest BCUT2D eigenvalue weighted by Gasteiger charge is -2.21. The first kappa shape index (κ1) is 7.92. The van der Waals surface area contributed by atoms with Crippen LogP contribution >= 0.6 is 0 Å². The summed E-state index contributed by atoms with van der Waals surface area (Å²) < 4.78 is 0. The largest absolute Gasteiger partial charge is 0.0968 e. The topological polar surface area (TPSA) is 0 Å². The van der Waals surface area contributed by atoms with E-state index in [4.69, 9.17) is 0 Å². The van der Waals surface area contributed by atoms with Crippen LogP contribution in [0.25, 0.3) is 0 Å². The maximum Gasteiger partial charge on any atom is 0.0412 e. The molecule has 0 nitrogen and oxygen atoms in total. The van der Waals surface area contributed by atoms with Gasteiger partial charge < -0.3 is 0 Å². The quantitative estimate of drug-likeness (QED) is 0.495. The second-order valence-electron chi connectivity index (χ2n) is 6.10. The minimum Gasteiger partial charge on any atom is -0.0968 e. The van der Waals surface area contributed by atoms with Crippen molar-refractivity contribution in [3.05, 3.63) is 0 Å². The van der Waals surface area contributed by atoms with Crippen molar-refractivity contribution in [2.24, 2.45) is 28.6 Å². The Morgan fingerprint density at radius 2 is 1.77 bits per heavy atom. The highest BCUT2D eigenvalue weighted by molar-refractivity contribution is 5.45. The molecule has 0 bridgehead atoms. The summed E-state index contributed by atoms with van der Waals surface area (Å²) in [7, 11) is 0. The molecule has 3 aliphatic carbocycles. The molecule has 0 aromatic rings. The number of fused-ring (bicyclic) bond motifs is 2. The van der Waals surface area contributed by atoms with Gasteiger partial charge in [0.25, 0.3) is 0 Å². The zero-order valence-corrected chi connectivity index (χ0v) is 8.85. The molecule has 0 aliphatic heterocycles. The standard InChI is InChI=1S/C13H18/c1-12(2,3)7-8-13-9-5-4-6-10(13)11(9)13/h9-11H,4-6H2,1-3H3. The van der Waals surface area contributed by atoms with E-state index in [1.807, 2.05) is 0 Å². The summed E-state index contributed by atoms with van der Waals surface area (Å²) >= 11 is 0. The Hall–Kier alpha value is -0.440. The van der Waals surface area contributed by atoms with E-state index < -0.39 is 0 Å². The van der Waals surface area contributed by atoms with Gasteiger partial charge in [0.05, 0.1) is 0 Å². The highest BCUT2D eigenvalue weighted by Crippen LogP contribution is 2.88. The lowest BCUT2D eigenvalue weighted by molar-refractivity contribution is 0.306. The summed E-state index contributed by atoms with van der Waals surface area (Å²) in [6.45, 7) is 6.64. The van der Waals surface area contributed by atoms with E-state index in [9.17, 15) is 0 Å². The zero-order chi connectivity index (χ0) is 9.27. The van der Waals surface area contributed by atoms with Crippen LogP contribution in [-0.4, -0.2) is 0 Å². The van der Waals surface area contributed by atoms with Crippen molar-refractivity contribution in [3.8, 4) is 11.8 Å². The third-order valence-corrected chi connectivity index (χ3v) is 4.11. The molecule has 3 aliphatic rings. The van der Waals surface area contributed by atoms with Crippen molar-refractivity contribution in [3.63, 3.8) is 0 Å². The van der Waals surface area contributed by atoms with Crippen molar-refractivity contribution in [1.29, 1.82) is 0 Å². The highest BCUT2D eigenvalue weighted by Gasteiger charge is 2.86. The van der Waals surface area contributed by atoms with Gasteiger partial charge in [-0.2, -0.15) is 0 Å². The van der Waals surface area contributed by atoms with E-state index in [0.717, 1.165) is 17.8 Å². The first-order valence-corrected chi connectivity index (χ1v) is 5.60. The Morgan fingerprint density at radius 3 is 2.23 bits per heavy atom. The zero-order valence-electron chi connectivity index (χ0n) is 8.85. The molecule has 13 heavy (non-hydrogen) atoms. The Bertz CT molecular complexity index is 286. The molecule has 0 heteroatoms. The molecular weight excluding hydrogens is 156 g/mol. The van der Waals surface area contributed by atoms with Gasteiger partial charge in [-0.3, -0.25) is 0 Å². The molecule has 0 N–H and O–H groups in total. The summed E-state index contributed by atoms with van der Waals surface area (Å²) in [5.41, 5.74) is 0.782. The van der Waals surface area contributed by atoms with Gasteiger partial charge in [0.1, 0.15) is 0 Å². The fourth-order valence-corrected chi connectivity index (χ4v) is 3.42. The van der Waals surface area contributed by atoms with E-state index in [1.165, 1.54) is 19.3 Å². The average Bonchev–Trinajstić information content (AvgIpc) is 2.89. The minimum atomic E-state index is 0.207. The lowest BCUT2D eigenvalue weighted by atomic mass is 9.82. The third-order valence-electron chi connectivity index (χ3n) is 4.11. The molecule has 0 heterocycles. The average molecular weight is 174 g/mol. The molecule has 0 radical (unpaired) electrons. The number of hydrogen-bond donors (Lipinski definition) is 0. The second-order valence-corrected chi connectivity index (χ2v) is 6.10. The van der Waals surface area contributed by atoms with Crippen molar-refractivity contribution in [2.75, 3.05) is 0 Å². The minimum absolute atomic E-state index is 0.207. The normalized spacial score (nSPS) is 50.2. The van der Waals surface area contributed by atoms with Crippen LogP contribution in [0.4, 0.5) is 0 Å². The summed E-state index contributed by atoms with van der Waals surface area (Å²) in [5, 5.41) is 0. The molecule has 3 saturated carbocycles. The summed E-state index contributed by atoms with van der Waals surface area (Å²) in [5.74, 6) is 10.2. The molecule has 0 aromatic carbocycles. The van der Waals surface area contributed by atoms with Gasteiger partial charge in [-0.1, -0.05) is 18.3 Å². The molecular formula is C13H18. The van der Waals surface area contributed by atoms with Gasteiger partial charge >= 0.3 is 0 Å². The molecule has 0 spiro atoms. The summed E-state index contributed by atoms with van der Waals surface area (Å²) in [6.07, 6.45) is 4.42. The van der Waals surface area contributed by atoms with Gasteiger partial charge in [0.15, 0.2) is 0 Å². The summed E-state index contributed by atoms with van der Waals surface area (Å²) in [6, 6.07) is 0. The van der Waals surface area contributed by atoms with Crippen molar-refractivity contribution >= 4 is 0 Å². The Balaban J connectivity index is 1.78. The van der Waals surface area contributed by atoms with Gasteiger partial charge in [0.2, 0.25) is 0 Å². The van der Waals surface area contributed by atoms with Crippen LogP contribution in [0.2, 0.25) is 0 Å². The first-order valence-electron chi connectivity index (χ1n) is 5.60. The van der Waals surface area contributed by atoms with Gasteiger partial charge in [-0.25, -0.2) is 0 Å². The predicted molar refractivity (Wildman–Crippen MR) is 54.0 cm³/mol. The van der Waals surface area contributed by atoms with E-state index in [-0.39, 0.29) is 5.41 Å². The molecule has 0 amide bonds. The molecule has 2 atom stereocenters. The van der Waals surface area contributed by atoms with Crippen molar-refractivity contribution in [1.82, 2.24) is 0 Å². The van der Waals surface area contributed by atoms with E-state index in [0.29, 0.717) is 5.41 Å². The van der Waals surface area contributed by atoms with E-state index in [1.54, 1.807) is 0 Å². The van der Waals surface area contributed by atoms with E-state index in [2.05, 4.69) is 32.6 Å². The van der Waals surface area contributed by atoms with Crippen LogP contribution in [0, 0.1) is 40.4 Å². The fraction of sp³-hybridized carbons (Fsp3) is 0.846. The van der Waals surface area contributed by atoms with Crippen LogP contribution in [0.5, 0.6) is 0 Å². The Labute approximate surface area is 81.1 Å². The van der Waals surface area contributed by atoms with Gasteiger partial charge in [-0.15, -0.1) is 0 Å². The number of rotatable bonds is 0. The lowest BCUT2D eigenvalue weighted by Crippen LogP contribution is -2.14. The molecule has 3 rings (SSSR count). The monoisotopic (exact) mass is 174 g/mol. The first-order chi connectivity index (χ1) is 6.06. The van der Waals surface area contributed by atoms with Gasteiger partial charge in [-0.05, 0) is 51.4 Å². The van der Waals surface area contributed by atoms with Crippen molar-refractivity contribution < 1.29 is 0 Å². The molecule has 2 unspecified atom stereocenters. The second kappa shape index (κ2) is 1.97. The predicted octanol–water partition coefficient (Wildman–Crippen LogP) is 3.08. The maximum absolute atomic E-state index is 3.60. The van der Waals surface area contributed by atoms with Crippen LogP contribution < -0.4 is 0 Å². The number of hydrogen-bond acceptors (Lipinski definition) is 0. The SMILES string of the molecule is CC(C)(C)C#CC12C3CCCC1C32. The van der Waals surface area contributed by atoms with Crippen LogP contribution in [0.1, 0.15) is 40.0 Å². The van der Waals surface area contributed by atoms with Crippen LogP contribution in [-0.2, 0) is 0 Å². The fourth-order valence-electron chi connectivity index (χ4n) is 3.42. The van der Waals surface area contributed by atoms with Crippen LogP contribution in [0.15, 0.2) is 0 Å². The van der Waals surface area contributed by atoms with E-state index >= 15 is 0 Å². The molecule has 3 fully saturated rings. The molecule has 70 valence electrons. The Kier molecular flexibility index (Phi) is 1.20. The third kappa shape index (κ3) is 0.885. The molecule has 0 saturated heterocycles.